The van der Waals surface area contributed by atoms with Crippen molar-refractivity contribution >= 4 is 23.4 Å². The van der Waals surface area contributed by atoms with Crippen LogP contribution in [0.4, 0.5) is 11.8 Å². The van der Waals surface area contributed by atoms with Gasteiger partial charge in [-0.3, -0.25) is 0 Å². The average molecular weight is 297 g/mol. The van der Waals surface area contributed by atoms with Gasteiger partial charge in [0.15, 0.2) is 5.82 Å². The molecule has 5 heteroatoms. The highest BCUT2D eigenvalue weighted by Crippen LogP contribution is 2.30. The fraction of sp³-hybridized carbons (Fsp3) is 0.733. The Labute approximate surface area is 126 Å². The maximum atomic E-state index is 6.33. The fourth-order valence-electron chi connectivity index (χ4n) is 2.86. The molecule has 1 aliphatic carbocycles. The maximum absolute atomic E-state index is 6.33. The van der Waals surface area contributed by atoms with E-state index >= 15 is 0 Å². The van der Waals surface area contributed by atoms with E-state index in [0.29, 0.717) is 17.0 Å². The Kier molecular flexibility index (Phi) is 5.89. The molecule has 112 valence electrons. The minimum absolute atomic E-state index is 0.570. The normalized spacial score (nSPS) is 16.1. The van der Waals surface area contributed by atoms with Crippen LogP contribution in [-0.4, -0.2) is 29.1 Å². The van der Waals surface area contributed by atoms with E-state index in [-0.39, 0.29) is 0 Å². The number of aromatic nitrogens is 2. The van der Waals surface area contributed by atoms with Gasteiger partial charge in [0, 0.05) is 19.1 Å². The van der Waals surface area contributed by atoms with Crippen LogP contribution in [0.15, 0.2) is 6.20 Å². The van der Waals surface area contributed by atoms with Gasteiger partial charge in [-0.1, -0.05) is 37.8 Å². The molecule has 0 amide bonds. The van der Waals surface area contributed by atoms with Gasteiger partial charge in [0.25, 0.3) is 0 Å². The molecule has 0 bridgehead atoms. The second kappa shape index (κ2) is 7.67. The Bertz CT molecular complexity index is 418. The fourth-order valence-corrected chi connectivity index (χ4v) is 3.05. The average Bonchev–Trinajstić information content (AvgIpc) is 2.49. The summed E-state index contributed by atoms with van der Waals surface area (Å²) in [6.07, 6.45) is 9.23. The number of anilines is 2. The van der Waals surface area contributed by atoms with Crippen molar-refractivity contribution in [2.75, 3.05) is 23.3 Å². The van der Waals surface area contributed by atoms with Gasteiger partial charge in [-0.15, -0.1) is 0 Å². The predicted molar refractivity (Wildman–Crippen MR) is 85.7 cm³/mol. The van der Waals surface area contributed by atoms with Crippen LogP contribution in [0, 0.1) is 0 Å². The lowest BCUT2D eigenvalue weighted by atomic mass is 9.94. The molecule has 0 saturated heterocycles. The van der Waals surface area contributed by atoms with Crippen molar-refractivity contribution in [3.05, 3.63) is 11.2 Å². The lowest BCUT2D eigenvalue weighted by Gasteiger charge is -2.35. The first-order chi connectivity index (χ1) is 9.76. The second-order valence-corrected chi connectivity index (χ2v) is 5.78. The molecule has 1 fully saturated rings. The van der Waals surface area contributed by atoms with E-state index in [2.05, 4.69) is 34.0 Å². The van der Waals surface area contributed by atoms with E-state index in [1.807, 2.05) is 0 Å². The standard InChI is InChI=1S/C15H25ClN4/c1-3-10-17-15-18-11-13(16)14(19-15)20(4-2)12-8-6-5-7-9-12/h11-12H,3-10H2,1-2H3,(H,17,18,19). The molecule has 1 heterocycles. The van der Waals surface area contributed by atoms with Gasteiger partial charge in [-0.25, -0.2) is 4.98 Å². The first-order valence-electron chi connectivity index (χ1n) is 7.79. The molecule has 1 aromatic heterocycles. The van der Waals surface area contributed by atoms with Crippen LogP contribution >= 0.6 is 11.6 Å². The second-order valence-electron chi connectivity index (χ2n) is 5.37. The molecule has 1 N–H and O–H groups in total. The summed E-state index contributed by atoms with van der Waals surface area (Å²) < 4.78 is 0. The van der Waals surface area contributed by atoms with Crippen molar-refractivity contribution < 1.29 is 0 Å². The molecular formula is C15H25ClN4. The van der Waals surface area contributed by atoms with Crippen LogP contribution in [0.3, 0.4) is 0 Å². The Morgan fingerprint density at radius 3 is 2.70 bits per heavy atom. The van der Waals surface area contributed by atoms with Gasteiger partial charge in [0.1, 0.15) is 5.02 Å². The maximum Gasteiger partial charge on any atom is 0.224 e. The third-order valence-electron chi connectivity index (χ3n) is 3.89. The number of halogens is 1. The summed E-state index contributed by atoms with van der Waals surface area (Å²) >= 11 is 6.33. The number of rotatable bonds is 6. The molecule has 1 aliphatic rings. The Morgan fingerprint density at radius 2 is 2.05 bits per heavy atom. The molecule has 1 aromatic rings. The Hall–Kier alpha value is -1.03. The zero-order valence-electron chi connectivity index (χ0n) is 12.5. The van der Waals surface area contributed by atoms with Gasteiger partial charge >= 0.3 is 0 Å². The minimum atomic E-state index is 0.570. The lowest BCUT2D eigenvalue weighted by Crippen LogP contribution is -2.37. The first-order valence-corrected chi connectivity index (χ1v) is 8.17. The highest BCUT2D eigenvalue weighted by atomic mass is 35.5. The van der Waals surface area contributed by atoms with Crippen LogP contribution in [0.2, 0.25) is 5.02 Å². The SMILES string of the molecule is CCCNc1ncc(Cl)c(N(CC)C2CCCCC2)n1. The zero-order chi connectivity index (χ0) is 14.4. The summed E-state index contributed by atoms with van der Waals surface area (Å²) in [7, 11) is 0. The molecule has 20 heavy (non-hydrogen) atoms. The quantitative estimate of drug-likeness (QED) is 0.857. The van der Waals surface area contributed by atoms with Gasteiger partial charge in [0.05, 0.1) is 6.20 Å². The van der Waals surface area contributed by atoms with Crippen molar-refractivity contribution in [1.29, 1.82) is 0 Å². The number of nitrogens with zero attached hydrogens (tertiary/aromatic N) is 3. The van der Waals surface area contributed by atoms with Gasteiger partial charge in [-0.2, -0.15) is 4.98 Å². The van der Waals surface area contributed by atoms with Crippen LogP contribution < -0.4 is 10.2 Å². The molecule has 0 atom stereocenters. The molecule has 2 rings (SSSR count). The third kappa shape index (κ3) is 3.75. The molecule has 0 aromatic carbocycles. The van der Waals surface area contributed by atoms with E-state index in [9.17, 15) is 0 Å². The molecule has 1 saturated carbocycles. The smallest absolute Gasteiger partial charge is 0.224 e. The highest BCUT2D eigenvalue weighted by molar-refractivity contribution is 6.32. The predicted octanol–water partition coefficient (Wildman–Crippen LogP) is 4.11. The summed E-state index contributed by atoms with van der Waals surface area (Å²) in [6, 6.07) is 0.570. The highest BCUT2D eigenvalue weighted by Gasteiger charge is 2.23. The molecule has 0 radical (unpaired) electrons. The third-order valence-corrected chi connectivity index (χ3v) is 4.15. The summed E-state index contributed by atoms with van der Waals surface area (Å²) in [6.45, 7) is 6.13. The number of hydrogen-bond acceptors (Lipinski definition) is 4. The van der Waals surface area contributed by atoms with E-state index in [1.165, 1.54) is 32.1 Å². The van der Waals surface area contributed by atoms with Crippen molar-refractivity contribution in [2.24, 2.45) is 0 Å². The van der Waals surface area contributed by atoms with E-state index in [1.54, 1.807) is 6.20 Å². The number of nitrogens with one attached hydrogen (secondary N) is 1. The van der Waals surface area contributed by atoms with E-state index in [4.69, 9.17) is 11.6 Å². The summed E-state index contributed by atoms with van der Waals surface area (Å²) in [4.78, 5) is 11.2. The van der Waals surface area contributed by atoms with E-state index < -0.39 is 0 Å². The Morgan fingerprint density at radius 1 is 1.30 bits per heavy atom. The summed E-state index contributed by atoms with van der Waals surface area (Å²) in [5.41, 5.74) is 0. The van der Waals surface area contributed by atoms with Gasteiger partial charge < -0.3 is 10.2 Å². The topological polar surface area (TPSA) is 41.1 Å². The van der Waals surface area contributed by atoms with Crippen LogP contribution in [-0.2, 0) is 0 Å². The van der Waals surface area contributed by atoms with Crippen molar-refractivity contribution in [2.45, 2.75) is 58.4 Å². The molecule has 0 aliphatic heterocycles. The van der Waals surface area contributed by atoms with Crippen molar-refractivity contribution in [1.82, 2.24) is 9.97 Å². The van der Waals surface area contributed by atoms with E-state index in [0.717, 1.165) is 25.3 Å². The van der Waals surface area contributed by atoms with Crippen LogP contribution in [0.25, 0.3) is 0 Å². The largest absolute Gasteiger partial charge is 0.354 e. The van der Waals surface area contributed by atoms with Gasteiger partial charge in [0.2, 0.25) is 5.95 Å². The van der Waals surface area contributed by atoms with Gasteiger partial charge in [-0.05, 0) is 26.2 Å². The molecular weight excluding hydrogens is 272 g/mol. The lowest BCUT2D eigenvalue weighted by molar-refractivity contribution is 0.416. The molecule has 0 spiro atoms. The number of hydrogen-bond donors (Lipinski definition) is 1. The first kappa shape index (κ1) is 15.4. The monoisotopic (exact) mass is 296 g/mol. The minimum Gasteiger partial charge on any atom is -0.354 e. The summed E-state index contributed by atoms with van der Waals surface area (Å²) in [5, 5.41) is 3.89. The van der Waals surface area contributed by atoms with Crippen LogP contribution in [0.5, 0.6) is 0 Å². The van der Waals surface area contributed by atoms with Crippen molar-refractivity contribution in [3.63, 3.8) is 0 Å². The summed E-state index contributed by atoms with van der Waals surface area (Å²) in [5.74, 6) is 1.56. The zero-order valence-corrected chi connectivity index (χ0v) is 13.3. The molecule has 0 unspecified atom stereocenters. The van der Waals surface area contributed by atoms with Crippen LogP contribution in [0.1, 0.15) is 52.4 Å². The molecule has 4 nitrogen and oxygen atoms in total. The van der Waals surface area contributed by atoms with Crippen molar-refractivity contribution in [3.8, 4) is 0 Å². The Balaban J connectivity index is 2.18.